The Balaban J connectivity index is 6.64. The van der Waals surface area contributed by atoms with Crippen LogP contribution in [-0.4, -0.2) is 171 Å². The molecule has 18 nitrogen and oxygen atoms in total. The van der Waals surface area contributed by atoms with E-state index in [0.717, 1.165) is 18.2 Å². The van der Waals surface area contributed by atoms with Crippen molar-refractivity contribution in [1.82, 2.24) is 0 Å². The zero-order chi connectivity index (χ0) is 43.5. The Morgan fingerprint density at radius 3 is 1.02 bits per heavy atom. The Hall–Kier alpha value is -3.60. The predicted octanol–water partition coefficient (Wildman–Crippen LogP) is 1.07. The lowest BCUT2D eigenvalue weighted by molar-refractivity contribution is -0.173. The smallest absolute Gasteiger partial charge is 0.330 e. The second-order valence-corrected chi connectivity index (χ2v) is 15.8. The van der Waals surface area contributed by atoms with Gasteiger partial charge in [0.05, 0.1) is 69.5 Å². The highest BCUT2D eigenvalue weighted by Gasteiger charge is 2.41. The first-order valence-electron chi connectivity index (χ1n) is 18.0. The number of rotatable bonds is 37. The van der Waals surface area contributed by atoms with Crippen molar-refractivity contribution < 1.29 is 86.8 Å². The number of hydrogen-bond donors (Lipinski definition) is 3. The van der Waals surface area contributed by atoms with Gasteiger partial charge in [-0.1, -0.05) is 19.7 Å². The van der Waals surface area contributed by atoms with Gasteiger partial charge in [0, 0.05) is 52.7 Å². The first-order chi connectivity index (χ1) is 27.8. The molecule has 0 aliphatic heterocycles. The Morgan fingerprint density at radius 1 is 0.414 bits per heavy atom. The summed E-state index contributed by atoms with van der Waals surface area (Å²) in [6.45, 7) is 5.29. The maximum absolute atomic E-state index is 12.8. The largest absolute Gasteiger partial charge is 0.465 e. The lowest BCUT2D eigenvalue weighted by Crippen LogP contribution is -2.47. The molecule has 0 spiro atoms. The molecule has 330 valence electrons. The van der Waals surface area contributed by atoms with Crippen LogP contribution in [0.2, 0.25) is 0 Å². The van der Waals surface area contributed by atoms with E-state index in [1.54, 1.807) is 0 Å². The molecule has 0 aromatic rings. The van der Waals surface area contributed by atoms with Gasteiger partial charge < -0.3 is 53.2 Å². The van der Waals surface area contributed by atoms with Crippen molar-refractivity contribution >= 4 is 77.1 Å². The Labute approximate surface area is 351 Å². The van der Waals surface area contributed by atoms with E-state index in [-0.39, 0.29) is 52.1 Å². The molecule has 0 saturated heterocycles. The summed E-state index contributed by atoms with van der Waals surface area (Å²) < 4.78 is 43.7. The summed E-state index contributed by atoms with van der Waals surface area (Å²) in [6.07, 6.45) is 2.14. The molecule has 0 radical (unpaired) electrons. The molecule has 21 heteroatoms. The lowest BCUT2D eigenvalue weighted by atomic mass is 9.90. The molecule has 0 fully saturated rings. The van der Waals surface area contributed by atoms with E-state index in [9.17, 15) is 33.6 Å². The standard InChI is InChI=1S/C37H56O18S3/c1-4-29(41)49-14-7-32(44)52-25-37(27-54-34(46)9-16-57-19-12-39,28-55-35(47)10-17-58-20-13-40)22-48-21-36(23-50-30(42)5-2,24-51-31(43)6-3)26-53-33(45)8-15-56-18-11-38/h4-6,38-40H,1-3,7-28H2. The van der Waals surface area contributed by atoms with E-state index in [2.05, 4.69) is 19.7 Å². The molecule has 0 aromatic heterocycles. The molecule has 0 amide bonds. The molecule has 0 unspecified atom stereocenters. The van der Waals surface area contributed by atoms with Crippen LogP contribution in [0.3, 0.4) is 0 Å². The first kappa shape index (κ1) is 54.4. The Bertz CT molecular complexity index is 1240. The van der Waals surface area contributed by atoms with Gasteiger partial charge in [0.15, 0.2) is 0 Å². The van der Waals surface area contributed by atoms with E-state index < -0.39 is 105 Å². The van der Waals surface area contributed by atoms with Crippen molar-refractivity contribution in [3.8, 4) is 0 Å². The zero-order valence-corrected chi connectivity index (χ0v) is 35.0. The summed E-state index contributed by atoms with van der Waals surface area (Å²) in [7, 11) is 0. The molecule has 0 rings (SSSR count). The quantitative estimate of drug-likeness (QED) is 0.0341. The number of hydrogen-bond acceptors (Lipinski definition) is 21. The van der Waals surface area contributed by atoms with Gasteiger partial charge in [0.2, 0.25) is 0 Å². The van der Waals surface area contributed by atoms with Crippen LogP contribution in [0.4, 0.5) is 0 Å². The van der Waals surface area contributed by atoms with Crippen molar-refractivity contribution in [3.05, 3.63) is 38.0 Å². The third-order valence-corrected chi connectivity index (χ3v) is 10.0. The summed E-state index contributed by atoms with van der Waals surface area (Å²) in [5.41, 5.74) is -3.17. The topological polar surface area (TPSA) is 254 Å². The molecule has 0 aliphatic carbocycles. The van der Waals surface area contributed by atoms with Crippen LogP contribution in [0.5, 0.6) is 0 Å². The summed E-state index contributed by atoms with van der Waals surface area (Å²) in [6, 6.07) is 0. The maximum atomic E-state index is 12.8. The highest BCUT2D eigenvalue weighted by molar-refractivity contribution is 7.99. The number of thioether (sulfide) groups is 3. The van der Waals surface area contributed by atoms with Crippen LogP contribution in [0.15, 0.2) is 38.0 Å². The minimum atomic E-state index is -1.60. The summed E-state index contributed by atoms with van der Waals surface area (Å²) in [5, 5.41) is 27.1. The molecule has 0 bridgehead atoms. The van der Waals surface area contributed by atoms with Gasteiger partial charge in [0.25, 0.3) is 0 Å². The van der Waals surface area contributed by atoms with Crippen LogP contribution in [0.25, 0.3) is 0 Å². The van der Waals surface area contributed by atoms with Crippen molar-refractivity contribution in [3.63, 3.8) is 0 Å². The summed E-state index contributed by atoms with van der Waals surface area (Å²) >= 11 is 3.93. The molecule has 0 heterocycles. The van der Waals surface area contributed by atoms with Crippen molar-refractivity contribution in [2.75, 3.05) is 114 Å². The number of carbonyl (C=O) groups is 7. The van der Waals surface area contributed by atoms with Gasteiger partial charge >= 0.3 is 41.8 Å². The van der Waals surface area contributed by atoms with Crippen LogP contribution < -0.4 is 0 Å². The highest BCUT2D eigenvalue weighted by Crippen LogP contribution is 2.27. The monoisotopic (exact) mass is 884 g/mol. The fraction of sp³-hybridized carbons (Fsp3) is 0.649. The summed E-state index contributed by atoms with van der Waals surface area (Å²) in [5.74, 6) is -3.20. The SMILES string of the molecule is C=CC(=O)OCCC(=O)OCC(COCC(COC(=O)C=C)(COC(=O)C=C)COC(=O)CCSCCO)(COC(=O)CCSCCO)COC(=O)CCSCCO. The van der Waals surface area contributed by atoms with Gasteiger partial charge in [-0.05, 0) is 0 Å². The van der Waals surface area contributed by atoms with Gasteiger partial charge in [-0.2, -0.15) is 35.3 Å². The average molecular weight is 885 g/mol. The fourth-order valence-electron chi connectivity index (χ4n) is 4.03. The zero-order valence-electron chi connectivity index (χ0n) is 32.6. The number of carbonyl (C=O) groups excluding carboxylic acids is 7. The van der Waals surface area contributed by atoms with E-state index in [1.807, 2.05) is 0 Å². The Kier molecular flexibility index (Phi) is 32.2. The van der Waals surface area contributed by atoms with E-state index >= 15 is 0 Å². The van der Waals surface area contributed by atoms with Crippen molar-refractivity contribution in [2.45, 2.75) is 25.7 Å². The maximum Gasteiger partial charge on any atom is 0.330 e. The number of aliphatic hydroxyl groups excluding tert-OH is 3. The molecule has 0 aliphatic rings. The second kappa shape index (κ2) is 34.3. The molecule has 3 N–H and O–H groups in total. The molecular weight excluding hydrogens is 829 g/mol. The van der Waals surface area contributed by atoms with Crippen LogP contribution >= 0.6 is 35.3 Å². The normalized spacial score (nSPS) is 11.1. The fourth-order valence-corrected chi connectivity index (χ4v) is 5.97. The van der Waals surface area contributed by atoms with Gasteiger partial charge in [-0.3, -0.25) is 19.2 Å². The molecular formula is C37H56O18S3. The number of aliphatic hydroxyl groups is 3. The predicted molar refractivity (Wildman–Crippen MR) is 215 cm³/mol. The van der Waals surface area contributed by atoms with Crippen molar-refractivity contribution in [2.24, 2.45) is 10.8 Å². The highest BCUT2D eigenvalue weighted by atomic mass is 32.2. The van der Waals surface area contributed by atoms with Crippen LogP contribution in [0.1, 0.15) is 25.7 Å². The van der Waals surface area contributed by atoms with E-state index in [4.69, 9.17) is 53.2 Å². The molecule has 0 saturated carbocycles. The third kappa shape index (κ3) is 27.9. The van der Waals surface area contributed by atoms with Gasteiger partial charge in [0.1, 0.15) is 46.2 Å². The second-order valence-electron chi connectivity index (χ2n) is 12.1. The first-order valence-corrected chi connectivity index (χ1v) is 21.4. The van der Waals surface area contributed by atoms with Gasteiger partial charge in [-0.25, -0.2) is 14.4 Å². The summed E-state index contributed by atoms with van der Waals surface area (Å²) in [4.78, 5) is 86.9. The Morgan fingerprint density at radius 2 is 0.707 bits per heavy atom. The van der Waals surface area contributed by atoms with Crippen LogP contribution in [0, 0.1) is 10.8 Å². The number of ether oxygens (including phenoxy) is 8. The van der Waals surface area contributed by atoms with Gasteiger partial charge in [-0.15, -0.1) is 0 Å². The van der Waals surface area contributed by atoms with Crippen molar-refractivity contribution in [1.29, 1.82) is 0 Å². The third-order valence-electron chi connectivity index (χ3n) is 7.12. The minimum absolute atomic E-state index is 0.0461. The number of esters is 7. The van der Waals surface area contributed by atoms with E-state index in [1.165, 1.54) is 35.3 Å². The lowest BCUT2D eigenvalue weighted by Gasteiger charge is -2.35. The van der Waals surface area contributed by atoms with Crippen LogP contribution in [-0.2, 0) is 71.5 Å². The molecule has 0 aromatic carbocycles. The minimum Gasteiger partial charge on any atom is -0.465 e. The van der Waals surface area contributed by atoms with E-state index in [0.29, 0.717) is 34.5 Å². The molecule has 0 atom stereocenters. The average Bonchev–Trinajstić information content (AvgIpc) is 3.22. The molecule has 58 heavy (non-hydrogen) atoms.